The van der Waals surface area contributed by atoms with Crippen LogP contribution in [0, 0.1) is 6.92 Å². The number of rotatable bonds is 5. The lowest BCUT2D eigenvalue weighted by molar-refractivity contribution is 0.0690. The normalized spacial score (nSPS) is 10.3. The van der Waals surface area contributed by atoms with Crippen molar-refractivity contribution in [3.05, 3.63) is 35.5 Å². The van der Waals surface area contributed by atoms with E-state index in [1.54, 1.807) is 12.1 Å². The Morgan fingerprint density at radius 3 is 2.94 bits per heavy atom. The molecule has 18 heavy (non-hydrogen) atoms. The van der Waals surface area contributed by atoms with E-state index in [0.29, 0.717) is 18.8 Å². The quantitative estimate of drug-likeness (QED) is 0.724. The van der Waals surface area contributed by atoms with Crippen LogP contribution in [-0.2, 0) is 6.42 Å². The Balaban J connectivity index is 1.90. The lowest BCUT2D eigenvalue weighted by atomic mass is 10.3. The number of aromatic carboxylic acids is 1. The van der Waals surface area contributed by atoms with E-state index in [1.165, 1.54) is 6.07 Å². The molecule has 0 bridgehead atoms. The van der Waals surface area contributed by atoms with Crippen molar-refractivity contribution in [1.29, 1.82) is 0 Å². The zero-order chi connectivity index (χ0) is 13.0. The maximum Gasteiger partial charge on any atom is 0.354 e. The number of aromatic amines is 1. The highest BCUT2D eigenvalue weighted by atomic mass is 16.4. The van der Waals surface area contributed by atoms with Crippen LogP contribution in [0.3, 0.4) is 0 Å². The zero-order valence-electron chi connectivity index (χ0n) is 9.84. The molecular weight excluding hydrogens is 234 g/mol. The first kappa shape index (κ1) is 12.0. The van der Waals surface area contributed by atoms with Crippen LogP contribution < -0.4 is 5.32 Å². The molecule has 0 saturated heterocycles. The molecule has 7 nitrogen and oxygen atoms in total. The molecule has 0 aliphatic carbocycles. The maximum atomic E-state index is 10.7. The Hall–Kier alpha value is -2.44. The summed E-state index contributed by atoms with van der Waals surface area (Å²) in [6.07, 6.45) is 0.642. The number of carboxylic acids is 1. The molecule has 0 fully saturated rings. The van der Waals surface area contributed by atoms with E-state index in [1.807, 2.05) is 6.92 Å². The topological polar surface area (TPSA) is 104 Å². The van der Waals surface area contributed by atoms with Crippen LogP contribution in [0.1, 0.15) is 22.1 Å². The summed E-state index contributed by atoms with van der Waals surface area (Å²) < 4.78 is 0. The number of hydrogen-bond acceptors (Lipinski definition) is 5. The molecule has 0 amide bonds. The number of nitrogens with one attached hydrogen (secondary N) is 2. The van der Waals surface area contributed by atoms with Gasteiger partial charge in [0.05, 0.1) is 0 Å². The van der Waals surface area contributed by atoms with Crippen molar-refractivity contribution in [2.45, 2.75) is 13.3 Å². The number of nitrogens with zero attached hydrogens (tertiary/aromatic N) is 3. The summed E-state index contributed by atoms with van der Waals surface area (Å²) in [5.74, 6) is 0.982. The molecule has 0 aromatic carbocycles. The fourth-order valence-corrected chi connectivity index (χ4v) is 1.46. The molecule has 2 aromatic rings. The molecule has 94 valence electrons. The third-order valence-electron chi connectivity index (χ3n) is 2.27. The molecule has 0 radical (unpaired) electrons. The first-order chi connectivity index (χ1) is 8.65. The van der Waals surface area contributed by atoms with E-state index < -0.39 is 5.97 Å². The van der Waals surface area contributed by atoms with Gasteiger partial charge in [-0.1, -0.05) is 6.07 Å². The Kier molecular flexibility index (Phi) is 3.52. The standard InChI is InChI=1S/C11H13N5O2/c1-7-13-10(16-15-7)5-6-12-9-4-2-3-8(14-9)11(17)18/h2-4H,5-6H2,1H3,(H,12,14)(H,17,18)(H,13,15,16). The SMILES string of the molecule is Cc1nc(CCNc2cccc(C(=O)O)n2)n[nH]1. The van der Waals surface area contributed by atoms with E-state index in [0.717, 1.165) is 11.6 Å². The summed E-state index contributed by atoms with van der Waals surface area (Å²) in [4.78, 5) is 18.9. The summed E-state index contributed by atoms with van der Waals surface area (Å²) in [5, 5.41) is 18.6. The molecule has 0 unspecified atom stereocenters. The van der Waals surface area contributed by atoms with Crippen molar-refractivity contribution in [3.8, 4) is 0 Å². The summed E-state index contributed by atoms with van der Waals surface area (Å²) in [6, 6.07) is 4.82. The lowest BCUT2D eigenvalue weighted by Gasteiger charge is -2.04. The van der Waals surface area contributed by atoms with Crippen LogP contribution in [-0.4, -0.2) is 37.8 Å². The predicted octanol–water partition coefficient (Wildman–Crippen LogP) is 0.861. The van der Waals surface area contributed by atoms with Crippen molar-refractivity contribution in [2.75, 3.05) is 11.9 Å². The van der Waals surface area contributed by atoms with Crippen molar-refractivity contribution < 1.29 is 9.90 Å². The van der Waals surface area contributed by atoms with Gasteiger partial charge in [-0.2, -0.15) is 5.10 Å². The van der Waals surface area contributed by atoms with E-state index in [9.17, 15) is 4.79 Å². The van der Waals surface area contributed by atoms with Crippen LogP contribution in [0.15, 0.2) is 18.2 Å². The number of pyridine rings is 1. The largest absolute Gasteiger partial charge is 0.477 e. The molecular formula is C11H13N5O2. The van der Waals surface area contributed by atoms with Crippen molar-refractivity contribution in [3.63, 3.8) is 0 Å². The van der Waals surface area contributed by atoms with Crippen LogP contribution in [0.25, 0.3) is 0 Å². The van der Waals surface area contributed by atoms with E-state index in [2.05, 4.69) is 25.5 Å². The number of H-pyrrole nitrogens is 1. The number of carboxylic acid groups (broad SMARTS) is 1. The second kappa shape index (κ2) is 5.26. The van der Waals surface area contributed by atoms with Crippen molar-refractivity contribution >= 4 is 11.8 Å². The second-order valence-corrected chi connectivity index (χ2v) is 3.73. The zero-order valence-corrected chi connectivity index (χ0v) is 9.84. The number of anilines is 1. The third kappa shape index (κ3) is 3.03. The average Bonchev–Trinajstić information content (AvgIpc) is 2.75. The molecule has 0 aliphatic heterocycles. The van der Waals surface area contributed by atoms with Crippen molar-refractivity contribution in [1.82, 2.24) is 20.2 Å². The van der Waals surface area contributed by atoms with E-state index >= 15 is 0 Å². The summed E-state index contributed by atoms with van der Waals surface area (Å²) in [7, 11) is 0. The van der Waals surface area contributed by atoms with Crippen molar-refractivity contribution in [2.24, 2.45) is 0 Å². The minimum Gasteiger partial charge on any atom is -0.477 e. The van der Waals surface area contributed by atoms with Gasteiger partial charge >= 0.3 is 5.97 Å². The molecule has 0 aliphatic rings. The van der Waals surface area contributed by atoms with Gasteiger partial charge in [-0.15, -0.1) is 0 Å². The van der Waals surface area contributed by atoms with Crippen LogP contribution in [0.4, 0.5) is 5.82 Å². The predicted molar refractivity (Wildman–Crippen MR) is 64.5 cm³/mol. The van der Waals surface area contributed by atoms with Crippen LogP contribution in [0.2, 0.25) is 0 Å². The van der Waals surface area contributed by atoms with Gasteiger partial charge in [-0.05, 0) is 19.1 Å². The highest BCUT2D eigenvalue weighted by Crippen LogP contribution is 2.05. The smallest absolute Gasteiger partial charge is 0.354 e. The second-order valence-electron chi connectivity index (χ2n) is 3.73. The van der Waals surface area contributed by atoms with Gasteiger partial charge in [0.2, 0.25) is 0 Å². The van der Waals surface area contributed by atoms with Gasteiger partial charge in [-0.3, -0.25) is 5.10 Å². The first-order valence-corrected chi connectivity index (χ1v) is 5.47. The number of aromatic nitrogens is 4. The molecule has 2 rings (SSSR count). The minimum atomic E-state index is -1.04. The van der Waals surface area contributed by atoms with Gasteiger partial charge in [0.25, 0.3) is 0 Å². The Morgan fingerprint density at radius 1 is 1.44 bits per heavy atom. The lowest BCUT2D eigenvalue weighted by Crippen LogP contribution is -2.09. The highest BCUT2D eigenvalue weighted by Gasteiger charge is 2.05. The molecule has 0 atom stereocenters. The third-order valence-corrected chi connectivity index (χ3v) is 2.27. The molecule has 2 aromatic heterocycles. The first-order valence-electron chi connectivity index (χ1n) is 5.47. The number of aryl methyl sites for hydroxylation is 1. The van der Waals surface area contributed by atoms with Crippen LogP contribution in [0.5, 0.6) is 0 Å². The monoisotopic (exact) mass is 247 g/mol. The number of carbonyl (C=O) groups is 1. The Labute approximate surface area is 103 Å². The van der Waals surface area contributed by atoms with Gasteiger partial charge < -0.3 is 10.4 Å². The van der Waals surface area contributed by atoms with Gasteiger partial charge in [0.15, 0.2) is 11.5 Å². The Bertz CT molecular complexity index is 552. The summed E-state index contributed by atoms with van der Waals surface area (Å²) in [5.41, 5.74) is 0.0220. The molecule has 2 heterocycles. The summed E-state index contributed by atoms with van der Waals surface area (Å²) >= 11 is 0. The summed E-state index contributed by atoms with van der Waals surface area (Å²) in [6.45, 7) is 2.43. The van der Waals surface area contributed by atoms with E-state index in [4.69, 9.17) is 5.11 Å². The minimum absolute atomic E-state index is 0.0220. The fraction of sp³-hybridized carbons (Fsp3) is 0.273. The van der Waals surface area contributed by atoms with Gasteiger partial charge in [0, 0.05) is 13.0 Å². The van der Waals surface area contributed by atoms with Gasteiger partial charge in [-0.25, -0.2) is 14.8 Å². The number of hydrogen-bond donors (Lipinski definition) is 3. The highest BCUT2D eigenvalue weighted by molar-refractivity contribution is 5.85. The van der Waals surface area contributed by atoms with Gasteiger partial charge in [0.1, 0.15) is 11.6 Å². The molecule has 0 spiro atoms. The molecule has 3 N–H and O–H groups in total. The average molecular weight is 247 g/mol. The maximum absolute atomic E-state index is 10.7. The van der Waals surface area contributed by atoms with Crippen LogP contribution >= 0.6 is 0 Å². The molecule has 0 saturated carbocycles. The molecule has 7 heteroatoms. The van der Waals surface area contributed by atoms with E-state index in [-0.39, 0.29) is 5.69 Å². The fourth-order valence-electron chi connectivity index (χ4n) is 1.46. The Morgan fingerprint density at radius 2 is 2.28 bits per heavy atom.